The second-order valence-corrected chi connectivity index (χ2v) is 7.07. The molecule has 6 heteroatoms. The first-order chi connectivity index (χ1) is 12.7. The summed E-state index contributed by atoms with van der Waals surface area (Å²) in [4.78, 5) is 28.1. The lowest BCUT2D eigenvalue weighted by Gasteiger charge is -2.36. The summed E-state index contributed by atoms with van der Waals surface area (Å²) in [6.07, 6.45) is 0.703. The Morgan fingerprint density at radius 2 is 1.77 bits per heavy atom. The maximum Gasteiger partial charge on any atom is 0.264 e. The fourth-order valence-electron chi connectivity index (χ4n) is 3.13. The van der Waals surface area contributed by atoms with Crippen LogP contribution < -0.4 is 4.90 Å². The van der Waals surface area contributed by atoms with E-state index >= 15 is 0 Å². The minimum absolute atomic E-state index is 0.124. The zero-order valence-electron chi connectivity index (χ0n) is 14.1. The van der Waals surface area contributed by atoms with Crippen LogP contribution in [0.5, 0.6) is 0 Å². The number of rotatable bonds is 4. The van der Waals surface area contributed by atoms with E-state index in [-0.39, 0.29) is 5.91 Å². The number of carbonyl (C=O) groups is 2. The number of anilines is 1. The third-order valence-corrected chi connectivity index (χ3v) is 5.42. The van der Waals surface area contributed by atoms with E-state index < -0.39 is 0 Å². The van der Waals surface area contributed by atoms with Gasteiger partial charge in [-0.3, -0.25) is 9.59 Å². The highest BCUT2D eigenvalue weighted by molar-refractivity contribution is 7.12. The Kier molecular flexibility index (Phi) is 4.58. The number of benzene rings is 1. The number of nitrogens with zero attached hydrogens (tertiary/aromatic N) is 2. The summed E-state index contributed by atoms with van der Waals surface area (Å²) in [6, 6.07) is 15.3. The predicted octanol–water partition coefficient (Wildman–Crippen LogP) is 3.78. The summed E-state index contributed by atoms with van der Waals surface area (Å²) < 4.78 is 5.46. The minimum atomic E-state index is 0.124. The van der Waals surface area contributed by atoms with Gasteiger partial charge >= 0.3 is 0 Å². The summed E-state index contributed by atoms with van der Waals surface area (Å²) in [5.41, 5.74) is 2.06. The zero-order valence-corrected chi connectivity index (χ0v) is 14.9. The van der Waals surface area contributed by atoms with Gasteiger partial charge in [-0.25, -0.2) is 0 Å². The molecule has 1 aromatic carbocycles. The maximum absolute atomic E-state index is 12.4. The van der Waals surface area contributed by atoms with Crippen molar-refractivity contribution in [2.45, 2.75) is 0 Å². The van der Waals surface area contributed by atoms with Crippen molar-refractivity contribution < 1.29 is 14.0 Å². The van der Waals surface area contributed by atoms with E-state index in [1.165, 1.54) is 11.3 Å². The van der Waals surface area contributed by atoms with E-state index in [0.717, 1.165) is 42.3 Å². The molecule has 132 valence electrons. The molecule has 1 fully saturated rings. The first-order valence-corrected chi connectivity index (χ1v) is 9.36. The van der Waals surface area contributed by atoms with E-state index in [9.17, 15) is 9.59 Å². The lowest BCUT2D eigenvalue weighted by atomic mass is 10.1. The average molecular weight is 366 g/mol. The van der Waals surface area contributed by atoms with Gasteiger partial charge in [0.05, 0.1) is 4.88 Å². The van der Waals surface area contributed by atoms with Crippen molar-refractivity contribution in [1.29, 1.82) is 0 Å². The third kappa shape index (κ3) is 3.28. The Morgan fingerprint density at radius 1 is 1.00 bits per heavy atom. The molecular weight excluding hydrogens is 348 g/mol. The second kappa shape index (κ2) is 7.17. The van der Waals surface area contributed by atoms with Crippen molar-refractivity contribution in [1.82, 2.24) is 4.90 Å². The molecule has 0 bridgehead atoms. The SMILES string of the molecule is O=Cc1ccc(-c2ccc(N3CCN(C(=O)c4cccs4)CC3)cc2)o1. The Labute approximate surface area is 155 Å². The van der Waals surface area contributed by atoms with Gasteiger partial charge in [0, 0.05) is 37.4 Å². The lowest BCUT2D eigenvalue weighted by Crippen LogP contribution is -2.48. The van der Waals surface area contributed by atoms with Gasteiger partial charge in [0.15, 0.2) is 12.0 Å². The molecule has 26 heavy (non-hydrogen) atoms. The van der Waals surface area contributed by atoms with E-state index in [4.69, 9.17) is 4.42 Å². The number of carbonyl (C=O) groups excluding carboxylic acids is 2. The van der Waals surface area contributed by atoms with Crippen LogP contribution in [-0.2, 0) is 0 Å². The lowest BCUT2D eigenvalue weighted by molar-refractivity contribution is 0.0751. The van der Waals surface area contributed by atoms with E-state index in [1.54, 1.807) is 12.1 Å². The first-order valence-electron chi connectivity index (χ1n) is 8.48. The molecular formula is C20H18N2O3S. The van der Waals surface area contributed by atoms with Crippen LogP contribution in [0.2, 0.25) is 0 Å². The molecule has 4 rings (SSSR count). The monoisotopic (exact) mass is 366 g/mol. The maximum atomic E-state index is 12.4. The molecule has 0 spiro atoms. The summed E-state index contributed by atoms with van der Waals surface area (Å²) in [5.74, 6) is 1.14. The topological polar surface area (TPSA) is 53.8 Å². The number of hydrogen-bond acceptors (Lipinski definition) is 5. The molecule has 0 aliphatic carbocycles. The third-order valence-electron chi connectivity index (χ3n) is 4.56. The molecule has 1 aliphatic rings. The van der Waals surface area contributed by atoms with Gasteiger partial charge in [-0.1, -0.05) is 6.07 Å². The summed E-state index contributed by atoms with van der Waals surface area (Å²) >= 11 is 1.49. The molecule has 3 heterocycles. The van der Waals surface area contributed by atoms with Crippen LogP contribution in [-0.4, -0.2) is 43.3 Å². The van der Waals surface area contributed by atoms with E-state index in [1.807, 2.05) is 34.5 Å². The van der Waals surface area contributed by atoms with Crippen molar-refractivity contribution in [2.75, 3.05) is 31.1 Å². The molecule has 1 aliphatic heterocycles. The number of aldehydes is 1. The second-order valence-electron chi connectivity index (χ2n) is 6.12. The molecule has 3 aromatic rings. The largest absolute Gasteiger partial charge is 0.453 e. The van der Waals surface area contributed by atoms with Crippen molar-refractivity contribution in [2.24, 2.45) is 0 Å². The van der Waals surface area contributed by atoms with Crippen molar-refractivity contribution in [3.63, 3.8) is 0 Å². The van der Waals surface area contributed by atoms with Gasteiger partial charge in [-0.15, -0.1) is 11.3 Å². The van der Waals surface area contributed by atoms with Crippen LogP contribution in [0.4, 0.5) is 5.69 Å². The Bertz CT molecular complexity index is 892. The highest BCUT2D eigenvalue weighted by Crippen LogP contribution is 2.25. The Morgan fingerprint density at radius 3 is 2.38 bits per heavy atom. The van der Waals surface area contributed by atoms with Crippen molar-refractivity contribution >= 4 is 29.2 Å². The fourth-order valence-corrected chi connectivity index (χ4v) is 3.82. The zero-order chi connectivity index (χ0) is 17.9. The summed E-state index contributed by atoms with van der Waals surface area (Å²) in [7, 11) is 0. The van der Waals surface area contributed by atoms with Crippen LogP contribution in [0.1, 0.15) is 20.2 Å². The molecule has 0 radical (unpaired) electrons. The van der Waals surface area contributed by atoms with Crippen LogP contribution >= 0.6 is 11.3 Å². The average Bonchev–Trinajstić information content (AvgIpc) is 3.40. The molecule has 1 saturated heterocycles. The van der Waals surface area contributed by atoms with Gasteiger partial charge in [0.1, 0.15) is 5.76 Å². The van der Waals surface area contributed by atoms with Gasteiger partial charge in [0.2, 0.25) is 0 Å². The smallest absolute Gasteiger partial charge is 0.264 e. The van der Waals surface area contributed by atoms with Gasteiger partial charge < -0.3 is 14.2 Å². The number of piperazine rings is 1. The minimum Gasteiger partial charge on any atom is -0.453 e. The van der Waals surface area contributed by atoms with Gasteiger partial charge in [-0.05, 0) is 47.8 Å². The first kappa shape index (κ1) is 16.6. The van der Waals surface area contributed by atoms with Crippen LogP contribution in [0, 0.1) is 0 Å². The quantitative estimate of drug-likeness (QED) is 0.660. The van der Waals surface area contributed by atoms with Gasteiger partial charge in [-0.2, -0.15) is 0 Å². The fraction of sp³-hybridized carbons (Fsp3) is 0.200. The standard InChI is InChI=1S/C20H18N2O3S/c23-14-17-7-8-18(25-17)15-3-5-16(6-4-15)21-9-11-22(12-10-21)20(24)19-2-1-13-26-19/h1-8,13-14H,9-12H2. The van der Waals surface area contributed by atoms with Gasteiger partial charge in [0.25, 0.3) is 5.91 Å². The highest BCUT2D eigenvalue weighted by atomic mass is 32.1. The normalized spacial score (nSPS) is 14.5. The molecule has 2 aromatic heterocycles. The predicted molar refractivity (Wildman–Crippen MR) is 102 cm³/mol. The number of furan rings is 1. The number of hydrogen-bond donors (Lipinski definition) is 0. The molecule has 1 amide bonds. The van der Waals surface area contributed by atoms with Crippen LogP contribution in [0.25, 0.3) is 11.3 Å². The van der Waals surface area contributed by atoms with E-state index in [0.29, 0.717) is 17.8 Å². The highest BCUT2D eigenvalue weighted by Gasteiger charge is 2.22. The molecule has 0 unspecified atom stereocenters. The van der Waals surface area contributed by atoms with E-state index in [2.05, 4.69) is 17.0 Å². The van der Waals surface area contributed by atoms with Crippen molar-refractivity contribution in [3.05, 3.63) is 64.5 Å². The summed E-state index contributed by atoms with van der Waals surface area (Å²) in [6.45, 7) is 3.07. The molecule has 0 atom stereocenters. The molecule has 0 N–H and O–H groups in total. The Hall–Kier alpha value is -2.86. The van der Waals surface area contributed by atoms with Crippen molar-refractivity contribution in [3.8, 4) is 11.3 Å². The Balaban J connectivity index is 1.40. The molecule has 5 nitrogen and oxygen atoms in total. The number of thiophene rings is 1. The van der Waals surface area contributed by atoms with Crippen LogP contribution in [0.3, 0.4) is 0 Å². The van der Waals surface area contributed by atoms with Crippen LogP contribution in [0.15, 0.2) is 58.3 Å². The number of amides is 1. The molecule has 0 saturated carbocycles. The summed E-state index contributed by atoms with van der Waals surface area (Å²) in [5, 5.41) is 1.93.